The van der Waals surface area contributed by atoms with Crippen molar-refractivity contribution >= 4 is 5.91 Å². The number of carbonyl (C=O) groups is 1. The number of ether oxygens (including phenoxy) is 1. The van der Waals surface area contributed by atoms with Crippen molar-refractivity contribution in [2.24, 2.45) is 5.73 Å². The van der Waals surface area contributed by atoms with Crippen molar-refractivity contribution in [1.82, 2.24) is 5.32 Å². The molecule has 16 heavy (non-hydrogen) atoms. The Morgan fingerprint density at radius 3 is 2.06 bits per heavy atom. The second-order valence-corrected chi connectivity index (χ2v) is 5.14. The fourth-order valence-electron chi connectivity index (χ4n) is 1.38. The molecule has 0 saturated heterocycles. The zero-order valence-electron chi connectivity index (χ0n) is 11.2. The van der Waals surface area contributed by atoms with Crippen molar-refractivity contribution in [1.29, 1.82) is 0 Å². The molecule has 4 nitrogen and oxygen atoms in total. The molecule has 0 aromatic heterocycles. The fraction of sp³-hybridized carbons (Fsp3) is 0.917. The zero-order valence-corrected chi connectivity index (χ0v) is 11.2. The smallest absolute Gasteiger partial charge is 0.246 e. The Morgan fingerprint density at radius 2 is 1.75 bits per heavy atom. The van der Waals surface area contributed by atoms with Gasteiger partial charge in [0, 0.05) is 6.54 Å². The topological polar surface area (TPSA) is 64.3 Å². The van der Waals surface area contributed by atoms with Crippen LogP contribution in [0.25, 0.3) is 0 Å². The lowest BCUT2D eigenvalue weighted by atomic mass is 9.93. The van der Waals surface area contributed by atoms with Crippen LogP contribution in [0.2, 0.25) is 0 Å². The molecule has 0 aromatic carbocycles. The Hall–Kier alpha value is -0.610. The van der Waals surface area contributed by atoms with E-state index >= 15 is 0 Å². The Balaban J connectivity index is 4.21. The SMILES string of the molecule is CCC(CC)(CN)NC(=O)COC(C)(C)C. The molecule has 0 aromatic rings. The van der Waals surface area contributed by atoms with Crippen LogP contribution in [0.1, 0.15) is 47.5 Å². The van der Waals surface area contributed by atoms with Gasteiger partial charge in [-0.05, 0) is 33.6 Å². The number of nitrogens with two attached hydrogens (primary N) is 1. The summed E-state index contributed by atoms with van der Waals surface area (Å²) in [6.07, 6.45) is 1.67. The van der Waals surface area contributed by atoms with Crippen LogP contribution >= 0.6 is 0 Å². The van der Waals surface area contributed by atoms with Gasteiger partial charge in [-0.15, -0.1) is 0 Å². The molecule has 0 heterocycles. The lowest BCUT2D eigenvalue weighted by Gasteiger charge is -2.32. The lowest BCUT2D eigenvalue weighted by Crippen LogP contribution is -2.54. The van der Waals surface area contributed by atoms with Gasteiger partial charge in [0.15, 0.2) is 0 Å². The average molecular weight is 230 g/mol. The van der Waals surface area contributed by atoms with Gasteiger partial charge in [0.1, 0.15) is 6.61 Å². The second kappa shape index (κ2) is 6.21. The molecule has 0 radical (unpaired) electrons. The van der Waals surface area contributed by atoms with Crippen LogP contribution in [0.5, 0.6) is 0 Å². The molecule has 0 spiro atoms. The first kappa shape index (κ1) is 15.4. The molecule has 3 N–H and O–H groups in total. The molecule has 0 fully saturated rings. The molecule has 96 valence electrons. The van der Waals surface area contributed by atoms with Gasteiger partial charge < -0.3 is 15.8 Å². The highest BCUT2D eigenvalue weighted by molar-refractivity contribution is 5.78. The molecule has 0 aliphatic carbocycles. The quantitative estimate of drug-likeness (QED) is 0.725. The van der Waals surface area contributed by atoms with E-state index in [0.29, 0.717) is 6.54 Å². The molecule has 0 unspecified atom stereocenters. The first-order valence-electron chi connectivity index (χ1n) is 5.93. The third kappa shape index (κ3) is 5.47. The van der Waals surface area contributed by atoms with Gasteiger partial charge in [0.2, 0.25) is 5.91 Å². The van der Waals surface area contributed by atoms with Crippen molar-refractivity contribution in [2.75, 3.05) is 13.2 Å². The van der Waals surface area contributed by atoms with E-state index in [1.807, 2.05) is 34.6 Å². The molecule has 4 heteroatoms. The maximum atomic E-state index is 11.7. The Kier molecular flexibility index (Phi) is 5.97. The normalized spacial score (nSPS) is 12.6. The van der Waals surface area contributed by atoms with Crippen molar-refractivity contribution in [3.63, 3.8) is 0 Å². The summed E-state index contributed by atoms with van der Waals surface area (Å²) in [7, 11) is 0. The molecule has 0 aliphatic heterocycles. The number of rotatable bonds is 6. The molecule has 0 atom stereocenters. The first-order valence-corrected chi connectivity index (χ1v) is 5.93. The average Bonchev–Trinajstić information content (AvgIpc) is 2.22. The molecule has 0 rings (SSSR count). The van der Waals surface area contributed by atoms with Crippen LogP contribution in [-0.4, -0.2) is 30.2 Å². The maximum Gasteiger partial charge on any atom is 0.246 e. The summed E-state index contributed by atoms with van der Waals surface area (Å²) >= 11 is 0. The van der Waals surface area contributed by atoms with Gasteiger partial charge >= 0.3 is 0 Å². The van der Waals surface area contributed by atoms with Crippen LogP contribution < -0.4 is 11.1 Å². The Labute approximate surface area is 98.9 Å². The zero-order chi connectivity index (χ0) is 12.8. The largest absolute Gasteiger partial charge is 0.366 e. The summed E-state index contributed by atoms with van der Waals surface area (Å²) in [6.45, 7) is 10.4. The fourth-order valence-corrected chi connectivity index (χ4v) is 1.38. The third-order valence-corrected chi connectivity index (χ3v) is 2.79. The van der Waals surface area contributed by atoms with Crippen LogP contribution in [0.4, 0.5) is 0 Å². The summed E-state index contributed by atoms with van der Waals surface area (Å²) in [5.74, 6) is -0.0934. The predicted molar refractivity (Wildman–Crippen MR) is 66.2 cm³/mol. The number of nitrogens with one attached hydrogen (secondary N) is 1. The standard InChI is InChI=1S/C12H26N2O2/c1-6-12(7-2,9-13)14-10(15)8-16-11(3,4)5/h6-9,13H2,1-5H3,(H,14,15). The highest BCUT2D eigenvalue weighted by atomic mass is 16.5. The number of carbonyl (C=O) groups excluding carboxylic acids is 1. The third-order valence-electron chi connectivity index (χ3n) is 2.79. The van der Waals surface area contributed by atoms with Crippen molar-refractivity contribution < 1.29 is 9.53 Å². The molecule has 0 bridgehead atoms. The monoisotopic (exact) mass is 230 g/mol. The Bertz CT molecular complexity index is 209. The minimum atomic E-state index is -0.291. The summed E-state index contributed by atoms with van der Waals surface area (Å²) in [6, 6.07) is 0. The van der Waals surface area contributed by atoms with Crippen LogP contribution in [0.15, 0.2) is 0 Å². The van der Waals surface area contributed by atoms with Crippen molar-refractivity contribution in [2.45, 2.75) is 58.6 Å². The van der Waals surface area contributed by atoms with E-state index in [1.165, 1.54) is 0 Å². The van der Waals surface area contributed by atoms with Crippen molar-refractivity contribution in [3.8, 4) is 0 Å². The maximum absolute atomic E-state index is 11.7. The van der Waals surface area contributed by atoms with Crippen molar-refractivity contribution in [3.05, 3.63) is 0 Å². The second-order valence-electron chi connectivity index (χ2n) is 5.14. The van der Waals surface area contributed by atoms with Gasteiger partial charge in [-0.25, -0.2) is 0 Å². The number of amides is 1. The van der Waals surface area contributed by atoms with E-state index in [4.69, 9.17) is 10.5 Å². The molecular weight excluding hydrogens is 204 g/mol. The minimum absolute atomic E-state index is 0.0885. The molecule has 0 aliphatic rings. The highest BCUT2D eigenvalue weighted by Gasteiger charge is 2.26. The van der Waals surface area contributed by atoms with E-state index in [9.17, 15) is 4.79 Å². The van der Waals surface area contributed by atoms with E-state index in [0.717, 1.165) is 12.8 Å². The molecular formula is C12H26N2O2. The predicted octanol–water partition coefficient (Wildman–Crippen LogP) is 1.44. The van der Waals surface area contributed by atoms with Crippen LogP contribution in [-0.2, 0) is 9.53 Å². The first-order chi connectivity index (χ1) is 7.28. The van der Waals surface area contributed by atoms with Gasteiger partial charge in [0.05, 0.1) is 11.1 Å². The van der Waals surface area contributed by atoms with Crippen LogP contribution in [0.3, 0.4) is 0 Å². The summed E-state index contributed by atoms with van der Waals surface area (Å²) < 4.78 is 5.42. The van der Waals surface area contributed by atoms with E-state index in [2.05, 4.69) is 5.32 Å². The number of hydrogen-bond donors (Lipinski definition) is 2. The number of hydrogen-bond acceptors (Lipinski definition) is 3. The molecule has 1 amide bonds. The van der Waals surface area contributed by atoms with Gasteiger partial charge in [-0.1, -0.05) is 13.8 Å². The molecule has 0 saturated carbocycles. The summed E-state index contributed by atoms with van der Waals surface area (Å²) in [4.78, 5) is 11.7. The van der Waals surface area contributed by atoms with E-state index in [1.54, 1.807) is 0 Å². The van der Waals surface area contributed by atoms with Gasteiger partial charge in [-0.3, -0.25) is 4.79 Å². The highest BCUT2D eigenvalue weighted by Crippen LogP contribution is 2.13. The summed E-state index contributed by atoms with van der Waals surface area (Å²) in [5, 5.41) is 2.96. The minimum Gasteiger partial charge on any atom is -0.366 e. The summed E-state index contributed by atoms with van der Waals surface area (Å²) in [5.41, 5.74) is 5.13. The van der Waals surface area contributed by atoms with E-state index < -0.39 is 0 Å². The lowest BCUT2D eigenvalue weighted by molar-refractivity contribution is -0.132. The van der Waals surface area contributed by atoms with E-state index in [-0.39, 0.29) is 23.7 Å². The Morgan fingerprint density at radius 1 is 1.25 bits per heavy atom. The van der Waals surface area contributed by atoms with Gasteiger partial charge in [-0.2, -0.15) is 0 Å². The van der Waals surface area contributed by atoms with Crippen LogP contribution in [0, 0.1) is 0 Å². The van der Waals surface area contributed by atoms with Gasteiger partial charge in [0.25, 0.3) is 0 Å².